The third-order valence-electron chi connectivity index (χ3n) is 3.37. The summed E-state index contributed by atoms with van der Waals surface area (Å²) in [4.78, 5) is 12.2. The van der Waals surface area contributed by atoms with Gasteiger partial charge in [0.2, 0.25) is 0 Å². The van der Waals surface area contributed by atoms with Crippen LogP contribution in [0.5, 0.6) is 0 Å². The number of carbonyl (C=O) groups is 1. The fraction of sp³-hybridized carbons (Fsp3) is 0.118. The van der Waals surface area contributed by atoms with E-state index in [2.05, 4.69) is 15.6 Å². The lowest BCUT2D eigenvalue weighted by Crippen LogP contribution is -2.12. The molecule has 6 nitrogen and oxygen atoms in total. The van der Waals surface area contributed by atoms with E-state index in [4.69, 9.17) is 5.11 Å². The standard InChI is InChI=1S/C17H15FN4O2/c18-14-5-1-3-12(7-14)9-22-10-16(20-21-22)17(24)19-15-6-2-4-13(8-15)11-23/h1-8,10,23H,9,11H2,(H,19,24). The van der Waals surface area contributed by atoms with Crippen molar-refractivity contribution in [2.24, 2.45) is 0 Å². The molecule has 0 bridgehead atoms. The van der Waals surface area contributed by atoms with Crippen LogP contribution in [-0.2, 0) is 13.2 Å². The molecule has 7 heteroatoms. The van der Waals surface area contributed by atoms with Crippen molar-refractivity contribution in [2.45, 2.75) is 13.2 Å². The second-order valence-corrected chi connectivity index (χ2v) is 5.24. The largest absolute Gasteiger partial charge is 0.392 e. The van der Waals surface area contributed by atoms with Gasteiger partial charge in [-0.1, -0.05) is 29.5 Å². The Hall–Kier alpha value is -3.06. The van der Waals surface area contributed by atoms with Gasteiger partial charge in [0.05, 0.1) is 19.3 Å². The zero-order chi connectivity index (χ0) is 16.9. The van der Waals surface area contributed by atoms with Gasteiger partial charge in [-0.15, -0.1) is 5.10 Å². The normalized spacial score (nSPS) is 10.6. The number of hydrogen-bond acceptors (Lipinski definition) is 4. The molecule has 2 aromatic carbocycles. The molecular weight excluding hydrogens is 311 g/mol. The zero-order valence-electron chi connectivity index (χ0n) is 12.7. The highest BCUT2D eigenvalue weighted by Crippen LogP contribution is 2.12. The van der Waals surface area contributed by atoms with Gasteiger partial charge in [0.25, 0.3) is 5.91 Å². The second-order valence-electron chi connectivity index (χ2n) is 5.24. The van der Waals surface area contributed by atoms with E-state index in [-0.39, 0.29) is 18.1 Å². The van der Waals surface area contributed by atoms with Crippen molar-refractivity contribution in [3.8, 4) is 0 Å². The van der Waals surface area contributed by atoms with Crippen LogP contribution in [0, 0.1) is 5.82 Å². The average Bonchev–Trinajstić information content (AvgIpc) is 3.04. The minimum atomic E-state index is -0.407. The molecule has 24 heavy (non-hydrogen) atoms. The molecule has 0 fully saturated rings. The van der Waals surface area contributed by atoms with Crippen LogP contribution >= 0.6 is 0 Å². The number of nitrogens with zero attached hydrogens (tertiary/aromatic N) is 3. The first kappa shape index (κ1) is 15.8. The molecule has 0 spiro atoms. The lowest BCUT2D eigenvalue weighted by Gasteiger charge is -2.04. The lowest BCUT2D eigenvalue weighted by atomic mass is 10.2. The molecule has 0 atom stereocenters. The number of amides is 1. The third kappa shape index (κ3) is 3.82. The first-order chi connectivity index (χ1) is 11.6. The number of anilines is 1. The van der Waals surface area contributed by atoms with Crippen molar-refractivity contribution in [2.75, 3.05) is 5.32 Å². The number of benzene rings is 2. The highest BCUT2D eigenvalue weighted by Gasteiger charge is 2.11. The van der Waals surface area contributed by atoms with E-state index in [1.165, 1.54) is 23.0 Å². The van der Waals surface area contributed by atoms with Crippen LogP contribution in [0.25, 0.3) is 0 Å². The predicted octanol–water partition coefficient (Wildman–Crippen LogP) is 2.21. The third-order valence-corrected chi connectivity index (χ3v) is 3.37. The van der Waals surface area contributed by atoms with Crippen LogP contribution in [0.2, 0.25) is 0 Å². The van der Waals surface area contributed by atoms with E-state index in [0.717, 1.165) is 5.56 Å². The number of halogens is 1. The van der Waals surface area contributed by atoms with E-state index in [1.54, 1.807) is 36.4 Å². The molecule has 0 aliphatic carbocycles. The van der Waals surface area contributed by atoms with Crippen molar-refractivity contribution in [1.82, 2.24) is 15.0 Å². The summed E-state index contributed by atoms with van der Waals surface area (Å²) in [6, 6.07) is 13.0. The van der Waals surface area contributed by atoms with Crippen molar-refractivity contribution < 1.29 is 14.3 Å². The van der Waals surface area contributed by atoms with Gasteiger partial charge in [-0.2, -0.15) is 0 Å². The number of hydrogen-bond donors (Lipinski definition) is 2. The fourth-order valence-corrected chi connectivity index (χ4v) is 2.24. The van der Waals surface area contributed by atoms with Gasteiger partial charge in [-0.05, 0) is 35.4 Å². The quantitative estimate of drug-likeness (QED) is 0.753. The minimum Gasteiger partial charge on any atom is -0.392 e. The highest BCUT2D eigenvalue weighted by atomic mass is 19.1. The topological polar surface area (TPSA) is 80.0 Å². The van der Waals surface area contributed by atoms with Gasteiger partial charge in [-0.3, -0.25) is 4.79 Å². The van der Waals surface area contributed by atoms with Crippen molar-refractivity contribution in [1.29, 1.82) is 0 Å². The van der Waals surface area contributed by atoms with E-state index in [0.29, 0.717) is 17.8 Å². The number of aromatic nitrogens is 3. The number of aliphatic hydroxyl groups excluding tert-OH is 1. The number of carbonyl (C=O) groups excluding carboxylic acids is 1. The molecule has 0 aliphatic rings. The maximum atomic E-state index is 13.2. The molecule has 3 aromatic rings. The van der Waals surface area contributed by atoms with Gasteiger partial charge in [0.15, 0.2) is 5.69 Å². The molecule has 0 saturated carbocycles. The Labute approximate surface area is 137 Å². The summed E-state index contributed by atoms with van der Waals surface area (Å²) in [7, 11) is 0. The van der Waals surface area contributed by atoms with Crippen molar-refractivity contribution in [3.05, 3.63) is 77.4 Å². The van der Waals surface area contributed by atoms with Gasteiger partial charge in [-0.25, -0.2) is 9.07 Å². The summed E-state index contributed by atoms with van der Waals surface area (Å²) >= 11 is 0. The van der Waals surface area contributed by atoms with Crippen molar-refractivity contribution >= 4 is 11.6 Å². The maximum absolute atomic E-state index is 13.2. The first-order valence-electron chi connectivity index (χ1n) is 7.30. The summed E-state index contributed by atoms with van der Waals surface area (Å²) in [5.74, 6) is -0.732. The highest BCUT2D eigenvalue weighted by molar-refractivity contribution is 6.02. The Kier molecular flexibility index (Phi) is 4.62. The van der Waals surface area contributed by atoms with E-state index in [1.807, 2.05) is 0 Å². The summed E-state index contributed by atoms with van der Waals surface area (Å²) in [6.07, 6.45) is 1.50. The fourth-order valence-electron chi connectivity index (χ4n) is 2.24. The summed E-state index contributed by atoms with van der Waals surface area (Å²) in [6.45, 7) is 0.214. The maximum Gasteiger partial charge on any atom is 0.277 e. The van der Waals surface area contributed by atoms with Crippen LogP contribution in [0.3, 0.4) is 0 Å². The Bertz CT molecular complexity index is 863. The smallest absolute Gasteiger partial charge is 0.277 e. The predicted molar refractivity (Wildman–Crippen MR) is 85.8 cm³/mol. The molecule has 3 rings (SSSR count). The lowest BCUT2D eigenvalue weighted by molar-refractivity contribution is 0.102. The molecule has 0 aliphatic heterocycles. The number of aliphatic hydroxyl groups is 1. The molecule has 0 saturated heterocycles. The van der Waals surface area contributed by atoms with Crippen LogP contribution in [0.1, 0.15) is 21.6 Å². The summed E-state index contributed by atoms with van der Waals surface area (Å²) in [5, 5.41) is 19.5. The van der Waals surface area contributed by atoms with Crippen LogP contribution in [0.15, 0.2) is 54.7 Å². The van der Waals surface area contributed by atoms with Crippen LogP contribution in [0.4, 0.5) is 10.1 Å². The Morgan fingerprint density at radius 3 is 2.75 bits per heavy atom. The molecule has 2 N–H and O–H groups in total. The molecule has 0 radical (unpaired) electrons. The van der Waals surface area contributed by atoms with Crippen molar-refractivity contribution in [3.63, 3.8) is 0 Å². The van der Waals surface area contributed by atoms with Gasteiger partial charge >= 0.3 is 0 Å². The molecule has 1 aromatic heterocycles. The Balaban J connectivity index is 1.69. The Morgan fingerprint density at radius 1 is 1.17 bits per heavy atom. The molecule has 122 valence electrons. The molecule has 0 unspecified atom stereocenters. The monoisotopic (exact) mass is 326 g/mol. The van der Waals surface area contributed by atoms with Gasteiger partial charge < -0.3 is 10.4 Å². The minimum absolute atomic E-state index is 0.104. The average molecular weight is 326 g/mol. The van der Waals surface area contributed by atoms with Crippen LogP contribution < -0.4 is 5.32 Å². The van der Waals surface area contributed by atoms with Gasteiger partial charge in [0.1, 0.15) is 5.82 Å². The second kappa shape index (κ2) is 7.01. The van der Waals surface area contributed by atoms with E-state index < -0.39 is 5.91 Å². The van der Waals surface area contributed by atoms with Gasteiger partial charge in [0, 0.05) is 5.69 Å². The molecule has 1 heterocycles. The zero-order valence-corrected chi connectivity index (χ0v) is 12.7. The van der Waals surface area contributed by atoms with Crippen LogP contribution in [-0.4, -0.2) is 26.0 Å². The Morgan fingerprint density at radius 2 is 1.96 bits per heavy atom. The number of nitrogens with one attached hydrogen (secondary N) is 1. The van der Waals surface area contributed by atoms with E-state index in [9.17, 15) is 9.18 Å². The first-order valence-corrected chi connectivity index (χ1v) is 7.30. The summed E-state index contributed by atoms with van der Waals surface area (Å²) in [5.41, 5.74) is 2.14. The summed E-state index contributed by atoms with van der Waals surface area (Å²) < 4.78 is 14.6. The molecular formula is C17H15FN4O2. The number of rotatable bonds is 5. The SMILES string of the molecule is O=C(Nc1cccc(CO)c1)c1cn(Cc2cccc(F)c2)nn1. The van der Waals surface area contributed by atoms with E-state index >= 15 is 0 Å². The molecule has 1 amide bonds.